The van der Waals surface area contributed by atoms with Crippen LogP contribution in [0.1, 0.15) is 24.2 Å². The predicted octanol–water partition coefficient (Wildman–Crippen LogP) is 1.86. The molecule has 1 amide bonds. The van der Waals surface area contributed by atoms with Crippen LogP contribution in [0.4, 0.5) is 4.79 Å². The third-order valence-corrected chi connectivity index (χ3v) is 4.95. The van der Waals surface area contributed by atoms with Crippen molar-refractivity contribution in [1.29, 1.82) is 0 Å². The van der Waals surface area contributed by atoms with Gasteiger partial charge in [-0.1, -0.05) is 30.3 Å². The summed E-state index contributed by atoms with van der Waals surface area (Å²) in [4.78, 5) is 22.8. The number of hydrogen-bond acceptors (Lipinski definition) is 6. The summed E-state index contributed by atoms with van der Waals surface area (Å²) in [6.07, 6.45) is 3.52. The number of rotatable bonds is 3. The summed E-state index contributed by atoms with van der Waals surface area (Å²) < 4.78 is 11.1. The first-order valence-electron chi connectivity index (χ1n) is 8.72. The Morgan fingerprint density at radius 1 is 1.15 bits per heavy atom. The van der Waals surface area contributed by atoms with Gasteiger partial charge < -0.3 is 14.6 Å². The van der Waals surface area contributed by atoms with E-state index in [0.717, 1.165) is 5.56 Å². The molecular formula is C19H21N3O4. The van der Waals surface area contributed by atoms with Gasteiger partial charge in [0, 0.05) is 25.2 Å². The third-order valence-electron chi connectivity index (χ3n) is 4.95. The molecular weight excluding hydrogens is 334 g/mol. The summed E-state index contributed by atoms with van der Waals surface area (Å²) in [7, 11) is 0. The van der Waals surface area contributed by atoms with E-state index >= 15 is 0 Å². The molecule has 2 saturated heterocycles. The summed E-state index contributed by atoms with van der Waals surface area (Å²) in [5.41, 5.74) is -0.218. The van der Waals surface area contributed by atoms with E-state index in [1.54, 1.807) is 23.4 Å². The quantitative estimate of drug-likeness (QED) is 0.905. The van der Waals surface area contributed by atoms with E-state index in [2.05, 4.69) is 9.97 Å². The molecule has 2 aliphatic rings. The fraction of sp³-hybridized carbons (Fsp3) is 0.421. The Morgan fingerprint density at radius 2 is 1.81 bits per heavy atom. The van der Waals surface area contributed by atoms with Crippen molar-refractivity contribution in [3.05, 3.63) is 60.2 Å². The number of ether oxygens (including phenoxy) is 2. The van der Waals surface area contributed by atoms with Crippen LogP contribution < -0.4 is 0 Å². The second-order valence-corrected chi connectivity index (χ2v) is 6.80. The summed E-state index contributed by atoms with van der Waals surface area (Å²) >= 11 is 0. The molecule has 2 aliphatic heterocycles. The predicted molar refractivity (Wildman–Crippen MR) is 92.0 cm³/mol. The van der Waals surface area contributed by atoms with Crippen molar-refractivity contribution in [2.45, 2.75) is 37.1 Å². The van der Waals surface area contributed by atoms with Gasteiger partial charge in [-0.2, -0.15) is 0 Å². The summed E-state index contributed by atoms with van der Waals surface area (Å²) in [5, 5.41) is 11.1. The molecule has 1 N–H and O–H groups in total. The zero-order chi connectivity index (χ0) is 18.0. The highest BCUT2D eigenvalue weighted by Crippen LogP contribution is 2.39. The van der Waals surface area contributed by atoms with E-state index in [9.17, 15) is 9.90 Å². The first-order chi connectivity index (χ1) is 12.7. The first kappa shape index (κ1) is 16.9. The molecule has 7 heteroatoms. The van der Waals surface area contributed by atoms with Crippen LogP contribution in [-0.4, -0.2) is 51.4 Å². The van der Waals surface area contributed by atoms with E-state index in [4.69, 9.17) is 9.47 Å². The molecule has 1 aromatic heterocycles. The van der Waals surface area contributed by atoms with Crippen LogP contribution in [0.25, 0.3) is 0 Å². The monoisotopic (exact) mass is 355 g/mol. The van der Waals surface area contributed by atoms with Gasteiger partial charge >= 0.3 is 6.09 Å². The molecule has 2 atom stereocenters. The lowest BCUT2D eigenvalue weighted by Gasteiger charge is -2.50. The number of morpholine rings is 1. The molecule has 0 aliphatic carbocycles. The Hall–Kier alpha value is -2.51. The Kier molecular flexibility index (Phi) is 4.57. The molecule has 0 saturated carbocycles. The van der Waals surface area contributed by atoms with Crippen LogP contribution >= 0.6 is 0 Å². The number of hydrogen-bond donors (Lipinski definition) is 1. The highest BCUT2D eigenvalue weighted by molar-refractivity contribution is 5.69. The standard InChI is InChI=1S/C19H21N3O4/c23-18(26-11-14-5-2-1-3-6-14)22-15-9-19(24,10-16(22)13-25-12-15)17-20-7-4-8-21-17/h1-8,15-16,24H,9-13H2. The van der Waals surface area contributed by atoms with E-state index in [-0.39, 0.29) is 24.8 Å². The van der Waals surface area contributed by atoms with Crippen LogP contribution in [0.5, 0.6) is 0 Å². The summed E-state index contributed by atoms with van der Waals surface area (Å²) in [5.74, 6) is 0.397. The fourth-order valence-corrected chi connectivity index (χ4v) is 3.79. The molecule has 0 spiro atoms. The second kappa shape index (κ2) is 7.01. The lowest BCUT2D eigenvalue weighted by molar-refractivity contribution is -0.139. The maximum absolute atomic E-state index is 12.7. The topological polar surface area (TPSA) is 84.8 Å². The van der Waals surface area contributed by atoms with Crippen molar-refractivity contribution in [1.82, 2.24) is 14.9 Å². The first-order valence-corrected chi connectivity index (χ1v) is 8.72. The van der Waals surface area contributed by atoms with E-state index in [1.165, 1.54) is 0 Å². The van der Waals surface area contributed by atoms with Gasteiger partial charge in [-0.3, -0.25) is 4.90 Å². The fourth-order valence-electron chi connectivity index (χ4n) is 3.79. The number of piperidine rings is 1. The van der Waals surface area contributed by atoms with Gasteiger partial charge in [0.05, 0.1) is 25.3 Å². The Balaban J connectivity index is 1.48. The van der Waals surface area contributed by atoms with Gasteiger partial charge in [0.2, 0.25) is 0 Å². The van der Waals surface area contributed by atoms with Crippen molar-refractivity contribution in [3.63, 3.8) is 0 Å². The zero-order valence-electron chi connectivity index (χ0n) is 14.3. The number of aromatic nitrogens is 2. The number of carbonyl (C=O) groups excluding carboxylic acids is 1. The molecule has 4 rings (SSSR count). The zero-order valence-corrected chi connectivity index (χ0v) is 14.3. The molecule has 2 bridgehead atoms. The van der Waals surface area contributed by atoms with Crippen LogP contribution in [0.2, 0.25) is 0 Å². The Morgan fingerprint density at radius 3 is 2.46 bits per heavy atom. The second-order valence-electron chi connectivity index (χ2n) is 6.80. The van der Waals surface area contributed by atoms with Crippen LogP contribution in [0, 0.1) is 0 Å². The molecule has 2 aromatic rings. The lowest BCUT2D eigenvalue weighted by atomic mass is 9.80. The average molecular weight is 355 g/mol. The summed E-state index contributed by atoms with van der Waals surface area (Å²) in [6.45, 7) is 0.959. The van der Waals surface area contributed by atoms with Gasteiger partial charge in [-0.05, 0) is 11.6 Å². The molecule has 1 aromatic carbocycles. The Labute approximate surface area is 151 Å². The highest BCUT2D eigenvalue weighted by Gasteiger charge is 2.50. The van der Waals surface area contributed by atoms with Crippen molar-refractivity contribution < 1.29 is 19.4 Å². The highest BCUT2D eigenvalue weighted by atomic mass is 16.6. The van der Waals surface area contributed by atoms with Crippen molar-refractivity contribution in [2.24, 2.45) is 0 Å². The molecule has 7 nitrogen and oxygen atoms in total. The molecule has 136 valence electrons. The minimum absolute atomic E-state index is 0.225. The van der Waals surface area contributed by atoms with E-state index in [0.29, 0.717) is 31.9 Å². The number of carbonyl (C=O) groups is 1. The molecule has 2 unspecified atom stereocenters. The minimum Gasteiger partial charge on any atom is -0.445 e. The molecule has 3 heterocycles. The van der Waals surface area contributed by atoms with Gasteiger partial charge in [0.25, 0.3) is 0 Å². The van der Waals surface area contributed by atoms with Gasteiger partial charge in [-0.15, -0.1) is 0 Å². The van der Waals surface area contributed by atoms with E-state index in [1.807, 2.05) is 30.3 Å². The van der Waals surface area contributed by atoms with Crippen LogP contribution in [-0.2, 0) is 21.7 Å². The van der Waals surface area contributed by atoms with Crippen LogP contribution in [0.15, 0.2) is 48.8 Å². The molecule has 2 fully saturated rings. The van der Waals surface area contributed by atoms with Crippen LogP contribution in [0.3, 0.4) is 0 Å². The normalized spacial score (nSPS) is 27.8. The Bertz CT molecular complexity index is 742. The van der Waals surface area contributed by atoms with Crippen molar-refractivity contribution in [3.8, 4) is 0 Å². The maximum atomic E-state index is 12.7. The number of fused-ring (bicyclic) bond motifs is 2. The van der Waals surface area contributed by atoms with Gasteiger partial charge in [-0.25, -0.2) is 14.8 Å². The number of aliphatic hydroxyl groups is 1. The van der Waals surface area contributed by atoms with Crippen molar-refractivity contribution >= 4 is 6.09 Å². The van der Waals surface area contributed by atoms with Gasteiger partial charge in [0.1, 0.15) is 12.2 Å². The SMILES string of the molecule is O=C(OCc1ccccc1)N1C2COCC1CC(O)(c1ncccn1)C2. The van der Waals surface area contributed by atoms with Gasteiger partial charge in [0.15, 0.2) is 5.82 Å². The maximum Gasteiger partial charge on any atom is 0.410 e. The molecule has 26 heavy (non-hydrogen) atoms. The minimum atomic E-state index is -1.16. The lowest BCUT2D eigenvalue weighted by Crippen LogP contribution is -2.62. The van der Waals surface area contributed by atoms with Crippen molar-refractivity contribution in [2.75, 3.05) is 13.2 Å². The van der Waals surface area contributed by atoms with E-state index < -0.39 is 5.60 Å². The largest absolute Gasteiger partial charge is 0.445 e. The third kappa shape index (κ3) is 3.27. The molecule has 0 radical (unpaired) electrons. The number of benzene rings is 1. The number of nitrogens with zero attached hydrogens (tertiary/aromatic N) is 3. The average Bonchev–Trinajstić information content (AvgIpc) is 2.67. The smallest absolute Gasteiger partial charge is 0.410 e. The summed E-state index contributed by atoms with van der Waals surface area (Å²) in [6, 6.07) is 10.8. The number of amides is 1.